The van der Waals surface area contributed by atoms with Gasteiger partial charge >= 0.3 is 0 Å². The van der Waals surface area contributed by atoms with Crippen molar-refractivity contribution in [2.45, 2.75) is 19.8 Å². The second kappa shape index (κ2) is 7.14. The average Bonchev–Trinajstić information content (AvgIpc) is 2.96. The topological polar surface area (TPSA) is 84.0 Å². The highest BCUT2D eigenvalue weighted by molar-refractivity contribution is 7.08. The summed E-state index contributed by atoms with van der Waals surface area (Å²) in [5, 5.41) is 4.45. The number of nitrogens with zero attached hydrogens (tertiary/aromatic N) is 2. The summed E-state index contributed by atoms with van der Waals surface area (Å²) in [6.45, 7) is 1.88. The number of hydrazine groups is 1. The van der Waals surface area contributed by atoms with Crippen LogP contribution in [-0.4, -0.2) is 21.4 Å². The molecule has 0 fully saturated rings. The fourth-order valence-electron chi connectivity index (χ4n) is 1.63. The minimum atomic E-state index is -0.411. The quantitative estimate of drug-likeness (QED) is 0.839. The second-order valence-corrected chi connectivity index (χ2v) is 5.40. The van der Waals surface area contributed by atoms with Crippen molar-refractivity contribution in [1.29, 1.82) is 0 Å². The number of rotatable bonds is 4. The highest BCUT2D eigenvalue weighted by Crippen LogP contribution is 2.11. The van der Waals surface area contributed by atoms with Crippen molar-refractivity contribution in [3.63, 3.8) is 0 Å². The van der Waals surface area contributed by atoms with Gasteiger partial charge in [-0.15, -0.1) is 5.10 Å². The molecule has 0 saturated carbocycles. The van der Waals surface area contributed by atoms with Gasteiger partial charge in [-0.2, -0.15) is 0 Å². The maximum absolute atomic E-state index is 11.9. The minimum absolute atomic E-state index is 0.152. The van der Waals surface area contributed by atoms with Crippen molar-refractivity contribution in [2.75, 3.05) is 0 Å². The molecule has 0 aliphatic heterocycles. The van der Waals surface area contributed by atoms with Gasteiger partial charge in [0.15, 0.2) is 0 Å². The van der Waals surface area contributed by atoms with Gasteiger partial charge in [0.2, 0.25) is 5.91 Å². The van der Waals surface area contributed by atoms with Crippen LogP contribution < -0.4 is 10.9 Å². The molecule has 1 aromatic heterocycles. The van der Waals surface area contributed by atoms with Gasteiger partial charge in [0.25, 0.3) is 5.91 Å². The van der Waals surface area contributed by atoms with E-state index in [1.54, 1.807) is 24.3 Å². The molecule has 0 unspecified atom stereocenters. The molecule has 0 radical (unpaired) electrons. The Morgan fingerprint density at radius 3 is 2.62 bits per heavy atom. The molecule has 2 N–H and O–H groups in total. The number of halogens is 1. The lowest BCUT2D eigenvalue weighted by Crippen LogP contribution is -2.42. The highest BCUT2D eigenvalue weighted by Gasteiger charge is 2.15. The zero-order valence-corrected chi connectivity index (χ0v) is 12.8. The third kappa shape index (κ3) is 4.24. The molecular weight excluding hydrogens is 312 g/mol. The predicted molar refractivity (Wildman–Crippen MR) is 80.1 cm³/mol. The third-order valence-corrected chi connectivity index (χ3v) is 3.71. The van der Waals surface area contributed by atoms with Crippen LogP contribution in [0.25, 0.3) is 0 Å². The minimum Gasteiger partial charge on any atom is -0.273 e. The van der Waals surface area contributed by atoms with Gasteiger partial charge in [0.05, 0.1) is 12.1 Å². The first-order valence-electron chi connectivity index (χ1n) is 6.25. The number of hydrogen-bond donors (Lipinski definition) is 2. The van der Waals surface area contributed by atoms with Gasteiger partial charge in [0.1, 0.15) is 4.88 Å². The molecular formula is C13H13ClN4O2S. The van der Waals surface area contributed by atoms with E-state index in [-0.39, 0.29) is 12.3 Å². The van der Waals surface area contributed by atoms with Crippen LogP contribution in [0.5, 0.6) is 0 Å². The van der Waals surface area contributed by atoms with Crippen molar-refractivity contribution in [3.05, 3.63) is 45.4 Å². The van der Waals surface area contributed by atoms with E-state index >= 15 is 0 Å². The summed E-state index contributed by atoms with van der Waals surface area (Å²) in [7, 11) is 0. The Balaban J connectivity index is 1.86. The molecule has 0 atom stereocenters. The van der Waals surface area contributed by atoms with E-state index in [1.165, 1.54) is 0 Å². The van der Waals surface area contributed by atoms with Crippen molar-refractivity contribution in [3.8, 4) is 0 Å². The van der Waals surface area contributed by atoms with E-state index in [4.69, 9.17) is 11.6 Å². The Morgan fingerprint density at radius 1 is 1.24 bits per heavy atom. The fraction of sp³-hybridized carbons (Fsp3) is 0.231. The van der Waals surface area contributed by atoms with E-state index < -0.39 is 5.91 Å². The maximum Gasteiger partial charge on any atom is 0.283 e. The SMILES string of the molecule is CCc1nnsc1C(=O)NNC(=O)Cc1ccc(Cl)cc1. The fourth-order valence-corrected chi connectivity index (χ4v) is 2.40. The molecule has 0 aliphatic rings. The average molecular weight is 325 g/mol. The van der Waals surface area contributed by atoms with Crippen LogP contribution in [0.1, 0.15) is 27.9 Å². The highest BCUT2D eigenvalue weighted by atomic mass is 35.5. The lowest BCUT2D eigenvalue weighted by molar-refractivity contribution is -0.121. The summed E-state index contributed by atoms with van der Waals surface area (Å²) in [4.78, 5) is 24.0. The molecule has 2 rings (SSSR count). The largest absolute Gasteiger partial charge is 0.283 e. The summed E-state index contributed by atoms with van der Waals surface area (Å²) in [6, 6.07) is 6.93. The van der Waals surface area contributed by atoms with Gasteiger partial charge in [-0.05, 0) is 35.6 Å². The van der Waals surface area contributed by atoms with Crippen LogP contribution in [0, 0.1) is 0 Å². The maximum atomic E-state index is 11.9. The van der Waals surface area contributed by atoms with E-state index in [0.717, 1.165) is 17.1 Å². The van der Waals surface area contributed by atoms with E-state index in [2.05, 4.69) is 20.4 Å². The molecule has 21 heavy (non-hydrogen) atoms. The van der Waals surface area contributed by atoms with E-state index in [0.29, 0.717) is 22.0 Å². The Kier molecular flexibility index (Phi) is 5.24. The van der Waals surface area contributed by atoms with Gasteiger partial charge < -0.3 is 0 Å². The van der Waals surface area contributed by atoms with Gasteiger partial charge in [-0.25, -0.2) is 0 Å². The van der Waals surface area contributed by atoms with E-state index in [1.807, 2.05) is 6.92 Å². The lowest BCUT2D eigenvalue weighted by atomic mass is 10.1. The number of benzene rings is 1. The van der Waals surface area contributed by atoms with E-state index in [9.17, 15) is 9.59 Å². The van der Waals surface area contributed by atoms with Crippen LogP contribution >= 0.6 is 23.1 Å². The smallest absolute Gasteiger partial charge is 0.273 e. The summed E-state index contributed by atoms with van der Waals surface area (Å²) < 4.78 is 3.72. The van der Waals surface area contributed by atoms with Crippen molar-refractivity contribution < 1.29 is 9.59 Å². The number of aryl methyl sites for hydroxylation is 1. The zero-order valence-electron chi connectivity index (χ0n) is 11.2. The molecule has 1 aromatic carbocycles. The second-order valence-electron chi connectivity index (χ2n) is 4.21. The summed E-state index contributed by atoms with van der Waals surface area (Å²) >= 11 is 6.77. The number of carbonyl (C=O) groups is 2. The van der Waals surface area contributed by atoms with Gasteiger partial charge in [-0.1, -0.05) is 35.1 Å². The first-order chi connectivity index (χ1) is 10.1. The van der Waals surface area contributed by atoms with Gasteiger partial charge in [0, 0.05) is 5.02 Å². The summed E-state index contributed by atoms with van der Waals surface area (Å²) in [5.74, 6) is -0.729. The summed E-state index contributed by atoms with van der Waals surface area (Å²) in [5.41, 5.74) is 6.14. The van der Waals surface area contributed by atoms with Crippen molar-refractivity contribution in [1.82, 2.24) is 20.4 Å². The van der Waals surface area contributed by atoms with Crippen LogP contribution in [0.2, 0.25) is 5.02 Å². The van der Waals surface area contributed by atoms with Crippen LogP contribution in [-0.2, 0) is 17.6 Å². The first kappa shape index (κ1) is 15.4. The number of nitrogens with one attached hydrogen (secondary N) is 2. The number of amides is 2. The summed E-state index contributed by atoms with van der Waals surface area (Å²) in [6.07, 6.45) is 0.761. The molecule has 6 nitrogen and oxygen atoms in total. The van der Waals surface area contributed by atoms with Crippen molar-refractivity contribution >= 4 is 34.9 Å². The molecule has 0 aliphatic carbocycles. The zero-order chi connectivity index (χ0) is 15.2. The lowest BCUT2D eigenvalue weighted by Gasteiger charge is -2.06. The molecule has 2 aromatic rings. The van der Waals surface area contributed by atoms with Crippen LogP contribution in [0.3, 0.4) is 0 Å². The Bertz CT molecular complexity index is 642. The molecule has 110 valence electrons. The first-order valence-corrected chi connectivity index (χ1v) is 7.40. The molecule has 0 saturated heterocycles. The van der Waals surface area contributed by atoms with Crippen LogP contribution in [0.4, 0.5) is 0 Å². The molecule has 2 amide bonds. The van der Waals surface area contributed by atoms with Crippen LogP contribution in [0.15, 0.2) is 24.3 Å². The normalized spacial score (nSPS) is 10.2. The molecule has 0 spiro atoms. The Morgan fingerprint density at radius 2 is 1.95 bits per heavy atom. The molecule has 8 heteroatoms. The predicted octanol–water partition coefficient (Wildman–Crippen LogP) is 1.76. The number of hydrogen-bond acceptors (Lipinski definition) is 5. The monoisotopic (exact) mass is 324 g/mol. The molecule has 0 bridgehead atoms. The van der Waals surface area contributed by atoms with Gasteiger partial charge in [-0.3, -0.25) is 20.4 Å². The standard InChI is InChI=1S/C13H13ClN4O2S/c1-2-10-12(21-18-15-10)13(20)17-16-11(19)7-8-3-5-9(14)6-4-8/h3-6H,2,7H2,1H3,(H,16,19)(H,17,20). The Labute approximate surface area is 130 Å². The Hall–Kier alpha value is -1.99. The third-order valence-electron chi connectivity index (χ3n) is 2.69. The van der Waals surface area contributed by atoms with Crippen molar-refractivity contribution in [2.24, 2.45) is 0 Å². The molecule has 1 heterocycles. The number of aromatic nitrogens is 2. The number of carbonyl (C=O) groups excluding carboxylic acids is 2.